The van der Waals surface area contributed by atoms with Gasteiger partial charge in [0.15, 0.2) is 0 Å². The van der Waals surface area contributed by atoms with E-state index in [-0.39, 0.29) is 5.56 Å². The van der Waals surface area contributed by atoms with E-state index in [4.69, 9.17) is 5.26 Å². The van der Waals surface area contributed by atoms with Gasteiger partial charge in [0.05, 0.1) is 11.6 Å². The predicted molar refractivity (Wildman–Crippen MR) is 65.5 cm³/mol. The van der Waals surface area contributed by atoms with E-state index >= 15 is 0 Å². The van der Waals surface area contributed by atoms with Crippen LogP contribution >= 0.6 is 0 Å². The summed E-state index contributed by atoms with van der Waals surface area (Å²) in [5, 5.41) is 11.3. The zero-order valence-electron chi connectivity index (χ0n) is 9.35. The minimum absolute atomic E-state index is 0.234. The molecular weight excluding hydrogens is 231 g/mol. The standard InChI is InChI=1S/C14H9FN2O/c15-12-5-2-4-11(8-12)14(18)17-13-6-1-3-10(7-13)9-16/h1-8H,(H,17,18). The van der Waals surface area contributed by atoms with E-state index in [0.29, 0.717) is 11.3 Å². The molecule has 0 aliphatic rings. The van der Waals surface area contributed by atoms with Gasteiger partial charge in [-0.15, -0.1) is 0 Å². The van der Waals surface area contributed by atoms with Crippen molar-refractivity contribution in [2.24, 2.45) is 0 Å². The van der Waals surface area contributed by atoms with Gasteiger partial charge < -0.3 is 5.32 Å². The normalized spacial score (nSPS) is 9.56. The number of amides is 1. The molecule has 0 fully saturated rings. The Morgan fingerprint density at radius 3 is 2.67 bits per heavy atom. The summed E-state index contributed by atoms with van der Waals surface area (Å²) < 4.78 is 13.0. The number of anilines is 1. The fourth-order valence-electron chi connectivity index (χ4n) is 1.50. The highest BCUT2D eigenvalue weighted by atomic mass is 19.1. The zero-order chi connectivity index (χ0) is 13.0. The molecule has 2 aromatic carbocycles. The number of carbonyl (C=O) groups excluding carboxylic acids is 1. The molecular formula is C14H9FN2O. The summed E-state index contributed by atoms with van der Waals surface area (Å²) in [5.74, 6) is -0.877. The zero-order valence-corrected chi connectivity index (χ0v) is 9.35. The van der Waals surface area contributed by atoms with Crippen LogP contribution in [0.1, 0.15) is 15.9 Å². The summed E-state index contributed by atoms with van der Waals surface area (Å²) in [7, 11) is 0. The number of hydrogen-bond acceptors (Lipinski definition) is 2. The van der Waals surface area contributed by atoms with Crippen molar-refractivity contribution in [1.82, 2.24) is 0 Å². The monoisotopic (exact) mass is 240 g/mol. The van der Waals surface area contributed by atoms with Crippen LogP contribution in [0.2, 0.25) is 0 Å². The molecule has 0 radical (unpaired) electrons. The molecule has 0 spiro atoms. The van der Waals surface area contributed by atoms with Gasteiger partial charge in [0.1, 0.15) is 5.82 Å². The lowest BCUT2D eigenvalue weighted by molar-refractivity contribution is 0.102. The topological polar surface area (TPSA) is 52.9 Å². The van der Waals surface area contributed by atoms with Gasteiger partial charge in [-0.05, 0) is 36.4 Å². The molecule has 88 valence electrons. The van der Waals surface area contributed by atoms with Crippen LogP contribution in [0.5, 0.6) is 0 Å². The molecule has 0 saturated carbocycles. The SMILES string of the molecule is N#Cc1cccc(NC(=O)c2cccc(F)c2)c1. The molecule has 0 unspecified atom stereocenters. The van der Waals surface area contributed by atoms with Gasteiger partial charge in [-0.3, -0.25) is 4.79 Å². The van der Waals surface area contributed by atoms with Crippen LogP contribution in [0.4, 0.5) is 10.1 Å². The summed E-state index contributed by atoms with van der Waals surface area (Å²) in [6.07, 6.45) is 0. The van der Waals surface area contributed by atoms with Gasteiger partial charge in [-0.2, -0.15) is 5.26 Å². The van der Waals surface area contributed by atoms with Crippen molar-refractivity contribution in [3.05, 3.63) is 65.5 Å². The van der Waals surface area contributed by atoms with Crippen LogP contribution in [0.3, 0.4) is 0 Å². The minimum Gasteiger partial charge on any atom is -0.322 e. The summed E-state index contributed by atoms with van der Waals surface area (Å²) in [5.41, 5.74) is 1.19. The third kappa shape index (κ3) is 2.71. The fourth-order valence-corrected chi connectivity index (χ4v) is 1.50. The fraction of sp³-hybridized carbons (Fsp3) is 0. The molecule has 1 amide bonds. The van der Waals surface area contributed by atoms with Gasteiger partial charge in [0.25, 0.3) is 5.91 Å². The van der Waals surface area contributed by atoms with E-state index in [0.717, 1.165) is 6.07 Å². The Morgan fingerprint density at radius 2 is 1.94 bits per heavy atom. The summed E-state index contributed by atoms with van der Waals surface area (Å²) >= 11 is 0. The largest absolute Gasteiger partial charge is 0.322 e. The second-order valence-electron chi connectivity index (χ2n) is 3.66. The Kier molecular flexibility index (Phi) is 3.35. The molecule has 0 atom stereocenters. The third-order valence-electron chi connectivity index (χ3n) is 2.34. The Morgan fingerprint density at radius 1 is 1.17 bits per heavy atom. The molecule has 2 aromatic rings. The van der Waals surface area contributed by atoms with E-state index < -0.39 is 11.7 Å². The maximum atomic E-state index is 13.0. The van der Waals surface area contributed by atoms with E-state index in [1.807, 2.05) is 6.07 Å². The van der Waals surface area contributed by atoms with Crippen LogP contribution in [-0.4, -0.2) is 5.91 Å². The maximum Gasteiger partial charge on any atom is 0.255 e. The van der Waals surface area contributed by atoms with Gasteiger partial charge in [0, 0.05) is 11.3 Å². The smallest absolute Gasteiger partial charge is 0.255 e. The number of benzene rings is 2. The number of nitrogens with zero attached hydrogens (tertiary/aromatic N) is 1. The lowest BCUT2D eigenvalue weighted by atomic mass is 10.2. The molecule has 0 saturated heterocycles. The van der Waals surface area contributed by atoms with E-state index in [2.05, 4.69) is 5.32 Å². The van der Waals surface area contributed by atoms with Crippen LogP contribution in [0.15, 0.2) is 48.5 Å². The Balaban J connectivity index is 2.19. The highest BCUT2D eigenvalue weighted by Crippen LogP contribution is 2.12. The van der Waals surface area contributed by atoms with Gasteiger partial charge in [-0.1, -0.05) is 12.1 Å². The quantitative estimate of drug-likeness (QED) is 0.877. The van der Waals surface area contributed by atoms with E-state index in [1.165, 1.54) is 18.2 Å². The first-order chi connectivity index (χ1) is 8.69. The van der Waals surface area contributed by atoms with E-state index in [9.17, 15) is 9.18 Å². The Labute approximate surface area is 103 Å². The van der Waals surface area contributed by atoms with Crippen molar-refractivity contribution >= 4 is 11.6 Å². The van der Waals surface area contributed by atoms with Gasteiger partial charge in [0.2, 0.25) is 0 Å². The first kappa shape index (κ1) is 11.8. The average molecular weight is 240 g/mol. The lowest BCUT2D eigenvalue weighted by Gasteiger charge is -2.05. The number of hydrogen-bond donors (Lipinski definition) is 1. The summed E-state index contributed by atoms with van der Waals surface area (Å²) in [6, 6.07) is 13.9. The Bertz CT molecular complexity index is 632. The molecule has 3 nitrogen and oxygen atoms in total. The summed E-state index contributed by atoms with van der Waals surface area (Å²) in [4.78, 5) is 11.8. The van der Waals surface area contributed by atoms with Crippen LogP contribution in [0, 0.1) is 17.1 Å². The molecule has 0 heterocycles. The van der Waals surface area contributed by atoms with Crippen LogP contribution < -0.4 is 5.32 Å². The molecule has 0 aliphatic heterocycles. The van der Waals surface area contributed by atoms with Crippen LogP contribution in [0.25, 0.3) is 0 Å². The maximum absolute atomic E-state index is 13.0. The van der Waals surface area contributed by atoms with Crippen LogP contribution in [-0.2, 0) is 0 Å². The van der Waals surface area contributed by atoms with Crippen molar-refractivity contribution in [1.29, 1.82) is 5.26 Å². The summed E-state index contributed by atoms with van der Waals surface area (Å²) in [6.45, 7) is 0. The molecule has 0 aromatic heterocycles. The molecule has 4 heteroatoms. The number of nitrogens with one attached hydrogen (secondary N) is 1. The molecule has 0 bridgehead atoms. The van der Waals surface area contributed by atoms with Crippen molar-refractivity contribution in [2.45, 2.75) is 0 Å². The van der Waals surface area contributed by atoms with Crippen molar-refractivity contribution in [3.63, 3.8) is 0 Å². The second-order valence-corrected chi connectivity index (χ2v) is 3.66. The third-order valence-corrected chi connectivity index (χ3v) is 2.34. The Hall–Kier alpha value is -2.67. The average Bonchev–Trinajstić information content (AvgIpc) is 2.39. The molecule has 2 rings (SSSR count). The van der Waals surface area contributed by atoms with Crippen molar-refractivity contribution in [3.8, 4) is 6.07 Å². The van der Waals surface area contributed by atoms with E-state index in [1.54, 1.807) is 24.3 Å². The number of rotatable bonds is 2. The lowest BCUT2D eigenvalue weighted by Crippen LogP contribution is -2.12. The van der Waals surface area contributed by atoms with Gasteiger partial charge >= 0.3 is 0 Å². The van der Waals surface area contributed by atoms with Gasteiger partial charge in [-0.25, -0.2) is 4.39 Å². The highest BCUT2D eigenvalue weighted by Gasteiger charge is 2.06. The minimum atomic E-state index is -0.464. The molecule has 18 heavy (non-hydrogen) atoms. The van der Waals surface area contributed by atoms with Crippen molar-refractivity contribution < 1.29 is 9.18 Å². The number of halogens is 1. The second kappa shape index (κ2) is 5.11. The number of carbonyl (C=O) groups is 1. The molecule has 1 N–H and O–H groups in total. The predicted octanol–water partition coefficient (Wildman–Crippen LogP) is 2.95. The number of nitriles is 1. The highest BCUT2D eigenvalue weighted by molar-refractivity contribution is 6.04. The first-order valence-electron chi connectivity index (χ1n) is 5.26. The molecule has 0 aliphatic carbocycles. The first-order valence-corrected chi connectivity index (χ1v) is 5.26. The van der Waals surface area contributed by atoms with Crippen molar-refractivity contribution in [2.75, 3.05) is 5.32 Å².